The molecular weight excluding hydrogens is 515 g/mol. The zero-order chi connectivity index (χ0) is 21.8. The van der Waals surface area contributed by atoms with Crippen LogP contribution in [0.25, 0.3) is 6.08 Å². The maximum Gasteiger partial charge on any atom is 0.270 e. The zero-order valence-electron chi connectivity index (χ0n) is 16.4. The molecule has 0 radical (unpaired) electrons. The fourth-order valence-electron chi connectivity index (χ4n) is 2.86. The van der Waals surface area contributed by atoms with Crippen molar-refractivity contribution in [2.45, 2.75) is 6.92 Å². The van der Waals surface area contributed by atoms with Gasteiger partial charge in [-0.2, -0.15) is 0 Å². The van der Waals surface area contributed by atoms with Crippen molar-refractivity contribution in [2.24, 2.45) is 0 Å². The van der Waals surface area contributed by atoms with Gasteiger partial charge in [-0.3, -0.25) is 19.8 Å². The third-order valence-corrected chi connectivity index (χ3v) is 5.39. The summed E-state index contributed by atoms with van der Waals surface area (Å²) in [5, 5.41) is 2.63. The molecular formula is C22H19IN2O4S. The highest BCUT2D eigenvalue weighted by atomic mass is 127. The van der Waals surface area contributed by atoms with Crippen molar-refractivity contribution >= 4 is 63.5 Å². The number of rotatable bonds is 6. The Morgan fingerprint density at radius 2 is 1.93 bits per heavy atom. The highest BCUT2D eigenvalue weighted by Gasteiger charge is 2.34. The molecule has 1 saturated heterocycles. The molecule has 1 heterocycles. The Kier molecular flexibility index (Phi) is 6.88. The minimum Gasteiger partial charge on any atom is -0.493 e. The Morgan fingerprint density at radius 1 is 1.23 bits per heavy atom. The van der Waals surface area contributed by atoms with Gasteiger partial charge in [0.25, 0.3) is 11.8 Å². The number of benzene rings is 2. The molecule has 0 aromatic heterocycles. The van der Waals surface area contributed by atoms with Crippen LogP contribution in [0.1, 0.15) is 11.1 Å². The highest BCUT2D eigenvalue weighted by Crippen LogP contribution is 2.35. The van der Waals surface area contributed by atoms with E-state index in [1.54, 1.807) is 30.3 Å². The summed E-state index contributed by atoms with van der Waals surface area (Å²) in [5.41, 5.74) is 2.23. The Labute approximate surface area is 193 Å². The van der Waals surface area contributed by atoms with E-state index in [0.717, 1.165) is 9.13 Å². The van der Waals surface area contributed by atoms with E-state index in [0.29, 0.717) is 29.4 Å². The Bertz CT molecular complexity index is 1060. The lowest BCUT2D eigenvalue weighted by Gasteiger charge is -2.29. The second-order valence-electron chi connectivity index (χ2n) is 6.43. The fourth-order valence-corrected chi connectivity index (χ4v) is 3.92. The smallest absolute Gasteiger partial charge is 0.270 e. The molecule has 2 aromatic carbocycles. The summed E-state index contributed by atoms with van der Waals surface area (Å²) in [7, 11) is 1.53. The number of aryl methyl sites for hydroxylation is 1. The highest BCUT2D eigenvalue weighted by molar-refractivity contribution is 14.1. The number of nitrogens with one attached hydrogen (secondary N) is 1. The van der Waals surface area contributed by atoms with Crippen LogP contribution < -0.4 is 19.7 Å². The molecule has 8 heteroatoms. The van der Waals surface area contributed by atoms with Gasteiger partial charge < -0.3 is 9.47 Å². The molecule has 0 spiro atoms. The number of carbonyl (C=O) groups excluding carboxylic acids is 2. The Morgan fingerprint density at radius 3 is 2.57 bits per heavy atom. The van der Waals surface area contributed by atoms with E-state index in [1.165, 1.54) is 18.1 Å². The van der Waals surface area contributed by atoms with Crippen molar-refractivity contribution in [1.29, 1.82) is 0 Å². The first-order chi connectivity index (χ1) is 14.3. The number of hydrogen-bond acceptors (Lipinski definition) is 5. The number of anilines is 1. The predicted octanol–water partition coefficient (Wildman–Crippen LogP) is 4.00. The van der Waals surface area contributed by atoms with Crippen LogP contribution in [0.5, 0.6) is 11.5 Å². The number of carbonyl (C=O) groups is 2. The fraction of sp³-hybridized carbons (Fsp3) is 0.136. The first-order valence-corrected chi connectivity index (χ1v) is 10.4. The number of ether oxygens (including phenoxy) is 2. The lowest BCUT2D eigenvalue weighted by atomic mass is 10.1. The van der Waals surface area contributed by atoms with Crippen molar-refractivity contribution in [3.63, 3.8) is 0 Å². The van der Waals surface area contributed by atoms with Gasteiger partial charge in [0.1, 0.15) is 12.2 Å². The number of methoxy groups -OCH3 is 1. The minimum atomic E-state index is -0.547. The van der Waals surface area contributed by atoms with E-state index in [2.05, 4.69) is 34.5 Å². The van der Waals surface area contributed by atoms with Crippen LogP contribution in [0.2, 0.25) is 0 Å². The molecule has 0 bridgehead atoms. The summed E-state index contributed by atoms with van der Waals surface area (Å²) in [4.78, 5) is 27.0. The zero-order valence-corrected chi connectivity index (χ0v) is 19.4. The Balaban J connectivity index is 2.01. The second kappa shape index (κ2) is 9.40. The molecule has 6 nitrogen and oxygen atoms in total. The molecule has 1 aliphatic rings. The Hall–Kier alpha value is -2.72. The quantitative estimate of drug-likeness (QED) is 0.200. The molecule has 1 fully saturated rings. The van der Waals surface area contributed by atoms with Gasteiger partial charge in [0, 0.05) is 0 Å². The lowest BCUT2D eigenvalue weighted by Crippen LogP contribution is -2.54. The topological polar surface area (TPSA) is 67.9 Å². The predicted molar refractivity (Wildman–Crippen MR) is 129 cm³/mol. The van der Waals surface area contributed by atoms with E-state index >= 15 is 0 Å². The van der Waals surface area contributed by atoms with Gasteiger partial charge >= 0.3 is 0 Å². The summed E-state index contributed by atoms with van der Waals surface area (Å²) in [6.45, 7) is 5.92. The number of thiocarbonyl (C=S) groups is 1. The second-order valence-corrected chi connectivity index (χ2v) is 7.98. The van der Waals surface area contributed by atoms with E-state index in [9.17, 15) is 9.59 Å². The molecule has 2 amide bonds. The monoisotopic (exact) mass is 534 g/mol. The van der Waals surface area contributed by atoms with Crippen LogP contribution in [0.15, 0.2) is 54.6 Å². The van der Waals surface area contributed by atoms with Crippen molar-refractivity contribution in [1.82, 2.24) is 5.32 Å². The summed E-state index contributed by atoms with van der Waals surface area (Å²) >= 11 is 7.35. The molecule has 1 aliphatic heterocycles. The number of hydrogen-bond donors (Lipinski definition) is 1. The minimum absolute atomic E-state index is 0.0261. The van der Waals surface area contributed by atoms with E-state index in [-0.39, 0.29) is 10.7 Å². The van der Waals surface area contributed by atoms with Crippen molar-refractivity contribution in [3.05, 3.63) is 69.3 Å². The molecule has 0 unspecified atom stereocenters. The molecule has 154 valence electrons. The van der Waals surface area contributed by atoms with Gasteiger partial charge in [0.15, 0.2) is 16.6 Å². The van der Waals surface area contributed by atoms with Gasteiger partial charge in [-0.25, -0.2) is 0 Å². The maximum atomic E-state index is 13.1. The molecule has 30 heavy (non-hydrogen) atoms. The first kappa shape index (κ1) is 22.0. The van der Waals surface area contributed by atoms with Crippen LogP contribution in [0, 0.1) is 10.5 Å². The maximum absolute atomic E-state index is 13.1. The summed E-state index contributed by atoms with van der Waals surface area (Å²) in [6, 6.07) is 10.8. The number of amides is 2. The van der Waals surface area contributed by atoms with Gasteiger partial charge in [-0.15, -0.1) is 0 Å². The van der Waals surface area contributed by atoms with Gasteiger partial charge in [0.05, 0.1) is 16.4 Å². The standard InChI is InChI=1S/C22H19IN2O4S/c1-4-9-29-19-17(23)11-14(12-18(19)28-3)10-16-20(26)24-22(30)25(21(16)27)15-7-5-13(2)6-8-15/h4-8,10-12H,1,9H2,2-3H3,(H,24,26,30)/b16-10-. The summed E-state index contributed by atoms with van der Waals surface area (Å²) in [6.07, 6.45) is 3.15. The number of halogens is 1. The average Bonchev–Trinajstić information content (AvgIpc) is 2.71. The van der Waals surface area contributed by atoms with Crippen LogP contribution in [-0.4, -0.2) is 30.6 Å². The molecule has 0 atom stereocenters. The van der Waals surface area contributed by atoms with E-state index in [1.807, 2.05) is 19.1 Å². The van der Waals surface area contributed by atoms with Crippen LogP contribution in [0.4, 0.5) is 5.69 Å². The van der Waals surface area contributed by atoms with Gasteiger partial charge in [0.2, 0.25) is 0 Å². The first-order valence-electron chi connectivity index (χ1n) is 8.95. The van der Waals surface area contributed by atoms with Crippen LogP contribution >= 0.6 is 34.8 Å². The van der Waals surface area contributed by atoms with Crippen LogP contribution in [0.3, 0.4) is 0 Å². The average molecular weight is 534 g/mol. The SMILES string of the molecule is C=CCOc1c(I)cc(/C=C2/C(=O)NC(=S)N(c3ccc(C)cc3)C2=O)cc1OC. The number of nitrogens with zero attached hydrogens (tertiary/aromatic N) is 1. The molecule has 0 saturated carbocycles. The summed E-state index contributed by atoms with van der Waals surface area (Å²) in [5.74, 6) is 0.0232. The molecule has 2 aromatic rings. The van der Waals surface area contributed by atoms with Crippen LogP contribution in [-0.2, 0) is 9.59 Å². The van der Waals surface area contributed by atoms with E-state index in [4.69, 9.17) is 21.7 Å². The molecule has 1 N–H and O–H groups in total. The largest absolute Gasteiger partial charge is 0.493 e. The normalized spacial score (nSPS) is 15.2. The van der Waals surface area contributed by atoms with Crippen molar-refractivity contribution in [2.75, 3.05) is 18.6 Å². The van der Waals surface area contributed by atoms with E-state index < -0.39 is 11.8 Å². The third kappa shape index (κ3) is 4.54. The molecule has 0 aliphatic carbocycles. The molecule has 3 rings (SSSR count). The van der Waals surface area contributed by atoms with Gasteiger partial charge in [-0.1, -0.05) is 30.4 Å². The third-order valence-electron chi connectivity index (χ3n) is 4.30. The van der Waals surface area contributed by atoms with Crippen molar-refractivity contribution < 1.29 is 19.1 Å². The van der Waals surface area contributed by atoms with Gasteiger partial charge in [-0.05, 0) is 77.6 Å². The van der Waals surface area contributed by atoms with Crippen molar-refractivity contribution in [3.8, 4) is 11.5 Å². The lowest BCUT2D eigenvalue weighted by molar-refractivity contribution is -0.122. The summed E-state index contributed by atoms with van der Waals surface area (Å²) < 4.78 is 11.8.